The Balaban J connectivity index is 2.41. The van der Waals surface area contributed by atoms with Crippen LogP contribution in [0.2, 0.25) is 10.0 Å². The van der Waals surface area contributed by atoms with Crippen LogP contribution in [0.25, 0.3) is 0 Å². The third-order valence-corrected chi connectivity index (χ3v) is 5.57. The Kier molecular flexibility index (Phi) is 5.96. The second-order valence-electron chi connectivity index (χ2n) is 6.22. The van der Waals surface area contributed by atoms with E-state index in [1.54, 1.807) is 0 Å². The van der Waals surface area contributed by atoms with Gasteiger partial charge in [-0.15, -0.1) is 0 Å². The first-order chi connectivity index (χ1) is 10.0. The van der Waals surface area contributed by atoms with Crippen LogP contribution in [-0.4, -0.2) is 31.1 Å². The lowest BCUT2D eigenvalue weighted by Crippen LogP contribution is -2.54. The minimum Gasteiger partial charge on any atom is -0.309 e. The Morgan fingerprint density at radius 2 is 1.81 bits per heavy atom. The molecule has 1 aromatic rings. The monoisotopic (exact) mass is 328 g/mol. The first-order valence-corrected chi connectivity index (χ1v) is 8.62. The summed E-state index contributed by atoms with van der Waals surface area (Å²) in [6, 6.07) is 6.33. The number of hydrogen-bond donors (Lipinski definition) is 1. The highest BCUT2D eigenvalue weighted by molar-refractivity contribution is 6.42. The van der Waals surface area contributed by atoms with Crippen molar-refractivity contribution in [2.75, 3.05) is 20.6 Å². The van der Waals surface area contributed by atoms with Gasteiger partial charge in [0.15, 0.2) is 0 Å². The third-order valence-electron chi connectivity index (χ3n) is 4.83. The van der Waals surface area contributed by atoms with Crippen molar-refractivity contribution >= 4 is 23.2 Å². The summed E-state index contributed by atoms with van der Waals surface area (Å²) < 4.78 is 0. The highest BCUT2D eigenvalue weighted by Crippen LogP contribution is 2.42. The van der Waals surface area contributed by atoms with Crippen molar-refractivity contribution in [3.63, 3.8) is 0 Å². The van der Waals surface area contributed by atoms with Crippen molar-refractivity contribution in [3.8, 4) is 0 Å². The molecule has 2 nitrogen and oxygen atoms in total. The lowest BCUT2D eigenvalue weighted by molar-refractivity contribution is 0.0570. The second-order valence-corrected chi connectivity index (χ2v) is 7.04. The van der Waals surface area contributed by atoms with E-state index in [4.69, 9.17) is 23.2 Å². The molecule has 0 spiro atoms. The molecule has 0 aliphatic heterocycles. The number of likely N-dealkylation sites (N-methyl/N-ethyl adjacent to an activating group) is 2. The smallest absolute Gasteiger partial charge is 0.0595 e. The van der Waals surface area contributed by atoms with E-state index in [1.165, 1.54) is 37.7 Å². The van der Waals surface area contributed by atoms with E-state index in [0.29, 0.717) is 10.0 Å². The standard InChI is InChI=1S/C17H26Cl2N2/c1-4-20-16(13-8-9-14(18)15(19)12-13)17(21(2)3)10-6-5-7-11-17/h8-9,12,16,20H,4-7,10-11H2,1-3H3. The van der Waals surface area contributed by atoms with Crippen LogP contribution < -0.4 is 5.32 Å². The Morgan fingerprint density at radius 3 is 2.33 bits per heavy atom. The van der Waals surface area contributed by atoms with Crippen molar-refractivity contribution < 1.29 is 0 Å². The molecule has 1 fully saturated rings. The number of nitrogens with zero attached hydrogens (tertiary/aromatic N) is 1. The van der Waals surface area contributed by atoms with Crippen molar-refractivity contribution in [2.45, 2.75) is 50.6 Å². The van der Waals surface area contributed by atoms with Crippen LogP contribution in [0.15, 0.2) is 18.2 Å². The van der Waals surface area contributed by atoms with Crippen LogP contribution >= 0.6 is 23.2 Å². The largest absolute Gasteiger partial charge is 0.309 e. The molecule has 0 bridgehead atoms. The zero-order valence-electron chi connectivity index (χ0n) is 13.3. The molecule has 1 aliphatic rings. The topological polar surface area (TPSA) is 15.3 Å². The molecular formula is C17H26Cl2N2. The molecule has 118 valence electrons. The molecule has 0 radical (unpaired) electrons. The molecule has 21 heavy (non-hydrogen) atoms. The van der Waals surface area contributed by atoms with E-state index < -0.39 is 0 Å². The van der Waals surface area contributed by atoms with Gasteiger partial charge in [-0.25, -0.2) is 0 Å². The first kappa shape index (κ1) is 17.1. The summed E-state index contributed by atoms with van der Waals surface area (Å²) in [6.07, 6.45) is 6.37. The molecule has 0 aromatic heterocycles. The summed E-state index contributed by atoms with van der Waals surface area (Å²) >= 11 is 12.3. The van der Waals surface area contributed by atoms with Crippen molar-refractivity contribution in [2.24, 2.45) is 0 Å². The summed E-state index contributed by atoms with van der Waals surface area (Å²) in [6.45, 7) is 3.11. The maximum absolute atomic E-state index is 6.25. The Morgan fingerprint density at radius 1 is 1.14 bits per heavy atom. The summed E-state index contributed by atoms with van der Waals surface area (Å²) in [7, 11) is 4.40. The zero-order valence-corrected chi connectivity index (χ0v) is 14.8. The van der Waals surface area contributed by atoms with Crippen molar-refractivity contribution in [3.05, 3.63) is 33.8 Å². The minimum atomic E-state index is 0.158. The third kappa shape index (κ3) is 3.56. The molecule has 1 unspecified atom stereocenters. The van der Waals surface area contributed by atoms with Gasteiger partial charge in [0.1, 0.15) is 0 Å². The van der Waals surface area contributed by atoms with Gasteiger partial charge >= 0.3 is 0 Å². The number of hydrogen-bond acceptors (Lipinski definition) is 2. The molecule has 0 saturated heterocycles. The molecule has 1 N–H and O–H groups in total. The number of benzene rings is 1. The van der Waals surface area contributed by atoms with Gasteiger partial charge in [0.2, 0.25) is 0 Å². The van der Waals surface area contributed by atoms with E-state index in [2.05, 4.69) is 37.3 Å². The fourth-order valence-corrected chi connectivity index (χ4v) is 3.98. The Bertz CT molecular complexity index is 468. The quantitative estimate of drug-likeness (QED) is 0.826. The molecule has 0 amide bonds. The van der Waals surface area contributed by atoms with E-state index in [9.17, 15) is 0 Å². The van der Waals surface area contributed by atoms with E-state index in [0.717, 1.165) is 6.54 Å². The molecular weight excluding hydrogens is 303 g/mol. The number of halogens is 2. The minimum absolute atomic E-state index is 0.158. The maximum Gasteiger partial charge on any atom is 0.0595 e. The fourth-order valence-electron chi connectivity index (χ4n) is 3.67. The van der Waals surface area contributed by atoms with E-state index >= 15 is 0 Å². The van der Waals surface area contributed by atoms with Gasteiger partial charge in [0.25, 0.3) is 0 Å². The van der Waals surface area contributed by atoms with Gasteiger partial charge in [-0.1, -0.05) is 55.5 Å². The highest BCUT2D eigenvalue weighted by Gasteiger charge is 2.42. The van der Waals surface area contributed by atoms with Crippen LogP contribution in [0, 0.1) is 0 Å². The zero-order chi connectivity index (χ0) is 15.5. The summed E-state index contributed by atoms with van der Waals surface area (Å²) in [4.78, 5) is 2.40. The van der Waals surface area contributed by atoms with Gasteiger partial charge in [-0.2, -0.15) is 0 Å². The SMILES string of the molecule is CCNC(c1ccc(Cl)c(Cl)c1)C1(N(C)C)CCCCC1. The molecule has 0 heterocycles. The lowest BCUT2D eigenvalue weighted by Gasteiger charge is -2.49. The van der Waals surface area contributed by atoms with Crippen LogP contribution in [0.4, 0.5) is 0 Å². The second kappa shape index (κ2) is 7.32. The van der Waals surface area contributed by atoms with Crippen molar-refractivity contribution in [1.82, 2.24) is 10.2 Å². The molecule has 1 saturated carbocycles. The van der Waals surface area contributed by atoms with Crippen LogP contribution in [0.5, 0.6) is 0 Å². The van der Waals surface area contributed by atoms with Crippen LogP contribution in [0.1, 0.15) is 50.6 Å². The van der Waals surface area contributed by atoms with Gasteiger partial charge < -0.3 is 10.2 Å². The number of rotatable bonds is 5. The van der Waals surface area contributed by atoms with Gasteiger partial charge in [-0.3, -0.25) is 0 Å². The summed E-state index contributed by atoms with van der Waals surface area (Å²) in [5.41, 5.74) is 1.40. The number of nitrogens with one attached hydrogen (secondary N) is 1. The van der Waals surface area contributed by atoms with Crippen LogP contribution in [0.3, 0.4) is 0 Å². The molecule has 1 aliphatic carbocycles. The van der Waals surface area contributed by atoms with E-state index in [-0.39, 0.29) is 11.6 Å². The predicted molar refractivity (Wildman–Crippen MR) is 92.4 cm³/mol. The van der Waals surface area contributed by atoms with Gasteiger partial charge in [-0.05, 0) is 51.2 Å². The molecule has 1 aromatic carbocycles. The summed E-state index contributed by atoms with van der Waals surface area (Å²) in [5, 5.41) is 4.96. The molecule has 4 heteroatoms. The Hall–Kier alpha value is -0.280. The molecule has 2 rings (SSSR count). The van der Waals surface area contributed by atoms with Crippen LogP contribution in [-0.2, 0) is 0 Å². The van der Waals surface area contributed by atoms with Gasteiger partial charge in [0, 0.05) is 5.54 Å². The van der Waals surface area contributed by atoms with E-state index in [1.807, 2.05) is 12.1 Å². The molecule has 1 atom stereocenters. The Labute approximate surface area is 138 Å². The highest BCUT2D eigenvalue weighted by atomic mass is 35.5. The first-order valence-electron chi connectivity index (χ1n) is 7.87. The normalized spacial score (nSPS) is 19.7. The lowest BCUT2D eigenvalue weighted by atomic mass is 9.73. The van der Waals surface area contributed by atoms with Crippen molar-refractivity contribution in [1.29, 1.82) is 0 Å². The average molecular weight is 329 g/mol. The predicted octanol–water partition coefficient (Wildman–Crippen LogP) is 4.91. The fraction of sp³-hybridized carbons (Fsp3) is 0.647. The maximum atomic E-state index is 6.25. The van der Waals surface area contributed by atoms with Gasteiger partial charge in [0.05, 0.1) is 16.1 Å². The average Bonchev–Trinajstić information content (AvgIpc) is 2.48. The summed E-state index contributed by atoms with van der Waals surface area (Å²) in [5.74, 6) is 0.